The molecule has 1 aromatic heterocycles. The molecule has 2 aromatic carbocycles. The van der Waals surface area contributed by atoms with Gasteiger partial charge >= 0.3 is 0 Å². The second kappa shape index (κ2) is 4.45. The van der Waals surface area contributed by atoms with Crippen LogP contribution in [-0.2, 0) is 18.3 Å². The van der Waals surface area contributed by atoms with E-state index in [4.69, 9.17) is 0 Å². The van der Waals surface area contributed by atoms with E-state index in [1.54, 1.807) is 0 Å². The number of allylic oxidation sites excluding steroid dienone is 1. The zero-order valence-electron chi connectivity index (χ0n) is 11.8. The predicted octanol–water partition coefficient (Wildman–Crippen LogP) is 3.74. The van der Waals surface area contributed by atoms with Crippen LogP contribution in [0.2, 0.25) is 0 Å². The molecule has 1 aliphatic rings. The molecule has 0 amide bonds. The highest BCUT2D eigenvalue weighted by Gasteiger charge is 2.24. The molecule has 2 nitrogen and oxygen atoms in total. The van der Waals surface area contributed by atoms with Gasteiger partial charge in [-0.1, -0.05) is 42.5 Å². The van der Waals surface area contributed by atoms with Crippen LogP contribution in [-0.4, -0.2) is 10.9 Å². The number of fused-ring (bicyclic) bond motifs is 2. The lowest BCUT2D eigenvalue weighted by Gasteiger charge is -2.05. The summed E-state index contributed by atoms with van der Waals surface area (Å²) < 4.78 is 2.13. The van der Waals surface area contributed by atoms with Crippen LogP contribution in [0, 0.1) is 0 Å². The second-order valence-electron chi connectivity index (χ2n) is 5.52. The number of benzene rings is 2. The van der Waals surface area contributed by atoms with E-state index < -0.39 is 0 Å². The van der Waals surface area contributed by atoms with Crippen LogP contribution in [0.15, 0.2) is 60.3 Å². The summed E-state index contributed by atoms with van der Waals surface area (Å²) in [4.78, 5) is 11.5. The van der Waals surface area contributed by atoms with E-state index >= 15 is 0 Å². The molecule has 21 heavy (non-hydrogen) atoms. The fourth-order valence-corrected chi connectivity index (χ4v) is 3.34. The van der Waals surface area contributed by atoms with Crippen LogP contribution in [0.1, 0.15) is 16.7 Å². The van der Waals surface area contributed by atoms with Crippen molar-refractivity contribution in [1.29, 1.82) is 0 Å². The third-order valence-electron chi connectivity index (χ3n) is 4.30. The molecule has 0 aliphatic heterocycles. The van der Waals surface area contributed by atoms with E-state index in [-0.39, 0.29) is 0 Å². The molecule has 0 spiro atoms. The van der Waals surface area contributed by atoms with Gasteiger partial charge < -0.3 is 4.57 Å². The monoisotopic (exact) mass is 273 g/mol. The van der Waals surface area contributed by atoms with Crippen LogP contribution in [0.25, 0.3) is 16.5 Å². The quantitative estimate of drug-likeness (QED) is 0.652. The van der Waals surface area contributed by atoms with Gasteiger partial charge in [0.25, 0.3) is 0 Å². The predicted molar refractivity (Wildman–Crippen MR) is 85.2 cm³/mol. The van der Waals surface area contributed by atoms with Crippen molar-refractivity contribution < 1.29 is 4.79 Å². The van der Waals surface area contributed by atoms with E-state index in [1.807, 2.05) is 31.3 Å². The van der Waals surface area contributed by atoms with Gasteiger partial charge in [0.2, 0.25) is 0 Å². The number of hydrogen-bond acceptors (Lipinski definition) is 1. The van der Waals surface area contributed by atoms with Crippen LogP contribution in [0.4, 0.5) is 0 Å². The average molecular weight is 273 g/mol. The van der Waals surface area contributed by atoms with E-state index in [0.29, 0.717) is 0 Å². The SMILES string of the molecule is Cn1cc(C2=C(C=O)Cc3ccccc32)c2ccccc21. The molecule has 0 radical (unpaired) electrons. The lowest BCUT2D eigenvalue weighted by molar-refractivity contribution is -0.104. The van der Waals surface area contributed by atoms with E-state index in [9.17, 15) is 4.79 Å². The Balaban J connectivity index is 2.05. The van der Waals surface area contributed by atoms with Gasteiger partial charge in [0.1, 0.15) is 6.29 Å². The Morgan fingerprint density at radius 1 is 1.00 bits per heavy atom. The molecule has 0 saturated heterocycles. The van der Waals surface area contributed by atoms with Crippen molar-refractivity contribution in [3.8, 4) is 0 Å². The smallest absolute Gasteiger partial charge is 0.147 e. The van der Waals surface area contributed by atoms with Gasteiger partial charge in [0, 0.05) is 41.7 Å². The molecular weight excluding hydrogens is 258 g/mol. The molecular formula is C19H15NO. The fraction of sp³-hybridized carbons (Fsp3) is 0.105. The molecule has 0 bridgehead atoms. The Kier molecular flexibility index (Phi) is 2.58. The number of hydrogen-bond donors (Lipinski definition) is 0. The lowest BCUT2D eigenvalue weighted by atomic mass is 9.97. The van der Waals surface area contributed by atoms with Gasteiger partial charge in [-0.15, -0.1) is 0 Å². The summed E-state index contributed by atoms with van der Waals surface area (Å²) in [5.74, 6) is 0. The molecule has 102 valence electrons. The van der Waals surface area contributed by atoms with Gasteiger partial charge in [-0.2, -0.15) is 0 Å². The number of carbonyl (C=O) groups excluding carboxylic acids is 1. The number of nitrogens with zero attached hydrogens (tertiary/aromatic N) is 1. The van der Waals surface area contributed by atoms with Crippen molar-refractivity contribution >= 4 is 22.8 Å². The molecule has 4 rings (SSSR count). The first-order valence-electron chi connectivity index (χ1n) is 7.10. The van der Waals surface area contributed by atoms with Crippen molar-refractivity contribution in [3.05, 3.63) is 77.0 Å². The molecule has 3 aromatic rings. The number of aryl methyl sites for hydroxylation is 1. The Labute approximate surface area is 123 Å². The largest absolute Gasteiger partial charge is 0.350 e. The minimum Gasteiger partial charge on any atom is -0.350 e. The summed E-state index contributed by atoms with van der Waals surface area (Å²) in [7, 11) is 2.05. The summed E-state index contributed by atoms with van der Waals surface area (Å²) in [6.07, 6.45) is 3.88. The van der Waals surface area contributed by atoms with Gasteiger partial charge in [-0.05, 0) is 22.8 Å². The zero-order chi connectivity index (χ0) is 14.4. The third kappa shape index (κ3) is 1.69. The summed E-state index contributed by atoms with van der Waals surface area (Å²) >= 11 is 0. The topological polar surface area (TPSA) is 22.0 Å². The number of rotatable bonds is 2. The van der Waals surface area contributed by atoms with Gasteiger partial charge in [-0.3, -0.25) is 4.79 Å². The van der Waals surface area contributed by atoms with Gasteiger partial charge in [0.05, 0.1) is 0 Å². The van der Waals surface area contributed by atoms with Crippen LogP contribution in [0.5, 0.6) is 0 Å². The molecule has 2 heteroatoms. The van der Waals surface area contributed by atoms with Crippen molar-refractivity contribution in [2.75, 3.05) is 0 Å². The van der Waals surface area contributed by atoms with E-state index in [1.165, 1.54) is 22.0 Å². The second-order valence-corrected chi connectivity index (χ2v) is 5.52. The van der Waals surface area contributed by atoms with Gasteiger partial charge in [-0.25, -0.2) is 0 Å². The third-order valence-corrected chi connectivity index (χ3v) is 4.30. The van der Waals surface area contributed by atoms with Crippen molar-refractivity contribution in [3.63, 3.8) is 0 Å². The van der Waals surface area contributed by atoms with Crippen LogP contribution in [0.3, 0.4) is 0 Å². The summed E-state index contributed by atoms with van der Waals surface area (Å²) in [6.45, 7) is 0. The van der Waals surface area contributed by atoms with E-state index in [2.05, 4.69) is 35.0 Å². The first-order valence-corrected chi connectivity index (χ1v) is 7.10. The van der Waals surface area contributed by atoms with Gasteiger partial charge in [0.15, 0.2) is 0 Å². The van der Waals surface area contributed by atoms with Crippen molar-refractivity contribution in [1.82, 2.24) is 4.57 Å². The van der Waals surface area contributed by atoms with Crippen LogP contribution >= 0.6 is 0 Å². The number of aldehydes is 1. The Morgan fingerprint density at radius 2 is 1.76 bits per heavy atom. The maximum absolute atomic E-state index is 11.5. The summed E-state index contributed by atoms with van der Waals surface area (Å²) in [5, 5.41) is 1.20. The van der Waals surface area contributed by atoms with Crippen molar-refractivity contribution in [2.45, 2.75) is 6.42 Å². The minimum atomic E-state index is 0.734. The highest BCUT2D eigenvalue weighted by atomic mass is 16.1. The number of carbonyl (C=O) groups is 1. The molecule has 0 fully saturated rings. The molecule has 0 saturated carbocycles. The Morgan fingerprint density at radius 3 is 2.62 bits per heavy atom. The van der Waals surface area contributed by atoms with Crippen molar-refractivity contribution in [2.24, 2.45) is 7.05 Å². The maximum Gasteiger partial charge on any atom is 0.147 e. The molecule has 0 unspecified atom stereocenters. The maximum atomic E-state index is 11.5. The number of para-hydroxylation sites is 1. The molecule has 0 atom stereocenters. The normalized spacial score (nSPS) is 13.8. The minimum absolute atomic E-state index is 0.734. The first kappa shape index (κ1) is 12.2. The number of aromatic nitrogens is 1. The summed E-state index contributed by atoms with van der Waals surface area (Å²) in [5.41, 5.74) is 6.75. The van der Waals surface area contributed by atoms with Crippen LogP contribution < -0.4 is 0 Å². The first-order chi connectivity index (χ1) is 10.3. The average Bonchev–Trinajstić information content (AvgIpc) is 3.05. The Bertz CT molecular complexity index is 899. The lowest BCUT2D eigenvalue weighted by Crippen LogP contribution is -1.89. The zero-order valence-corrected chi connectivity index (χ0v) is 11.8. The molecule has 0 N–H and O–H groups in total. The summed E-state index contributed by atoms with van der Waals surface area (Å²) in [6, 6.07) is 16.6. The molecule has 1 aliphatic carbocycles. The fourth-order valence-electron chi connectivity index (χ4n) is 3.34. The highest BCUT2D eigenvalue weighted by molar-refractivity contribution is 6.05. The Hall–Kier alpha value is -2.61. The highest BCUT2D eigenvalue weighted by Crippen LogP contribution is 2.39. The van der Waals surface area contributed by atoms with E-state index in [0.717, 1.165) is 29.4 Å². The molecule has 1 heterocycles. The standard InChI is InChI=1S/C19H15NO/c1-20-11-17(16-8-4-5-9-18(16)20)19-14(12-21)10-13-6-2-3-7-15(13)19/h2-9,11-12H,10H2,1H3.